The molecule has 226 valence electrons. The van der Waals surface area contributed by atoms with Crippen LogP contribution in [0.3, 0.4) is 0 Å². The van der Waals surface area contributed by atoms with E-state index in [4.69, 9.17) is 24.4 Å². The Labute approximate surface area is 248 Å². The van der Waals surface area contributed by atoms with Gasteiger partial charge in [0.05, 0.1) is 30.8 Å². The average Bonchev–Trinajstić information content (AvgIpc) is 3.77. The number of ether oxygens (including phenoxy) is 3. The monoisotopic (exact) mass is 598 g/mol. The third-order valence-corrected chi connectivity index (χ3v) is 10.2. The Morgan fingerprint density at radius 3 is 2.64 bits per heavy atom. The van der Waals surface area contributed by atoms with Gasteiger partial charge < -0.3 is 39.5 Å². The van der Waals surface area contributed by atoms with Crippen LogP contribution in [0.1, 0.15) is 67.5 Å². The Hall–Kier alpha value is -3.00. The maximum atomic E-state index is 13.1. The number of methoxy groups -OCH3 is 1. The highest BCUT2D eigenvalue weighted by atomic mass is 32.1. The van der Waals surface area contributed by atoms with Gasteiger partial charge in [0.1, 0.15) is 34.9 Å². The molecule has 0 radical (unpaired) electrons. The summed E-state index contributed by atoms with van der Waals surface area (Å²) in [6.07, 6.45) is 3.84. The van der Waals surface area contributed by atoms with Gasteiger partial charge >= 0.3 is 0 Å². The van der Waals surface area contributed by atoms with Crippen LogP contribution in [-0.2, 0) is 14.3 Å². The number of aromatic nitrogens is 1. The van der Waals surface area contributed by atoms with Crippen LogP contribution in [0.4, 0.5) is 5.00 Å². The number of primary amides is 1. The number of aliphatic hydroxyl groups excluding tert-OH is 2. The van der Waals surface area contributed by atoms with Crippen molar-refractivity contribution in [3.8, 4) is 16.5 Å². The number of nitrogens with two attached hydrogens (primary N) is 1. The Morgan fingerprint density at radius 1 is 1.24 bits per heavy atom. The van der Waals surface area contributed by atoms with Crippen LogP contribution in [0.25, 0.3) is 10.8 Å². The lowest BCUT2D eigenvalue weighted by Gasteiger charge is -2.51. The lowest BCUT2D eigenvalue weighted by molar-refractivity contribution is -0.180. The molecule has 2 aromatic heterocycles. The van der Waals surface area contributed by atoms with Crippen LogP contribution in [-0.4, -0.2) is 70.9 Å². The van der Waals surface area contributed by atoms with Gasteiger partial charge in [0, 0.05) is 24.3 Å². The number of anilines is 1. The van der Waals surface area contributed by atoms with Crippen LogP contribution in [0, 0.1) is 6.92 Å². The number of carbonyl (C=O) groups excluding carboxylic acids is 1. The second-order valence-electron chi connectivity index (χ2n) is 11.2. The molecule has 4 N–H and O–H groups in total. The van der Waals surface area contributed by atoms with Gasteiger partial charge in [-0.25, -0.2) is 9.88 Å². The molecule has 3 unspecified atom stereocenters. The van der Waals surface area contributed by atoms with Gasteiger partial charge in [0.25, 0.3) is 0 Å². The summed E-state index contributed by atoms with van der Waals surface area (Å²) in [6, 6.07) is 7.69. The molecule has 11 nitrogen and oxygen atoms in total. The van der Waals surface area contributed by atoms with E-state index in [0.717, 1.165) is 41.7 Å². The van der Waals surface area contributed by atoms with Gasteiger partial charge in [-0.2, -0.15) is 0 Å². The minimum absolute atomic E-state index is 0.0449. The van der Waals surface area contributed by atoms with Crippen LogP contribution in [0.5, 0.6) is 5.75 Å². The van der Waals surface area contributed by atoms with Crippen molar-refractivity contribution in [2.45, 2.75) is 75.8 Å². The standard InChI is InChI=1S/C30H38N4O7S/c1-18-23-26(35)34(30(28(31)36)11-5-6-12-30)29(37)33(27(23)42-24(18)25-32-13-16-40-25)17-22(41-19-9-14-39-15-10-19)20-7-3-4-8-21(20)38-2/h3-4,7-8,13,16,19,22,26,29,35,37H,5-6,9-12,14-15,17H2,1-2H3,(H2,31,36). The number of hydrogen-bond donors (Lipinski definition) is 3. The predicted octanol–water partition coefficient (Wildman–Crippen LogP) is 3.84. The zero-order valence-corrected chi connectivity index (χ0v) is 24.7. The zero-order valence-electron chi connectivity index (χ0n) is 23.9. The number of rotatable bonds is 9. The fourth-order valence-corrected chi connectivity index (χ4v) is 7.98. The van der Waals surface area contributed by atoms with Gasteiger partial charge in [0.15, 0.2) is 6.35 Å². The average molecular weight is 599 g/mol. The number of para-hydroxylation sites is 1. The van der Waals surface area contributed by atoms with Gasteiger partial charge in [-0.05, 0) is 44.2 Å². The van der Waals surface area contributed by atoms with E-state index in [0.29, 0.717) is 48.3 Å². The molecule has 3 atom stereocenters. The molecule has 2 fully saturated rings. The summed E-state index contributed by atoms with van der Waals surface area (Å²) in [4.78, 5) is 21.5. The van der Waals surface area contributed by atoms with E-state index in [1.807, 2.05) is 36.1 Å². The second-order valence-corrected chi connectivity index (χ2v) is 12.2. The molecule has 0 bridgehead atoms. The molecular weight excluding hydrogens is 560 g/mol. The number of hydrogen-bond acceptors (Lipinski definition) is 11. The van der Waals surface area contributed by atoms with E-state index in [9.17, 15) is 15.0 Å². The van der Waals surface area contributed by atoms with Crippen molar-refractivity contribution in [3.05, 3.63) is 53.4 Å². The van der Waals surface area contributed by atoms with Crippen LogP contribution < -0.4 is 15.4 Å². The van der Waals surface area contributed by atoms with Crippen LogP contribution >= 0.6 is 11.3 Å². The lowest BCUT2D eigenvalue weighted by atomic mass is 9.91. The van der Waals surface area contributed by atoms with E-state index >= 15 is 0 Å². The molecule has 1 aliphatic carbocycles. The minimum Gasteiger partial charge on any atom is -0.496 e. The van der Waals surface area contributed by atoms with Gasteiger partial charge in [-0.1, -0.05) is 31.0 Å². The number of oxazole rings is 1. The molecule has 4 heterocycles. The second kappa shape index (κ2) is 11.9. The summed E-state index contributed by atoms with van der Waals surface area (Å²) in [5, 5.41) is 24.7. The van der Waals surface area contributed by atoms with E-state index in [1.54, 1.807) is 13.3 Å². The summed E-state index contributed by atoms with van der Waals surface area (Å²) >= 11 is 1.38. The normalized spacial score (nSPS) is 23.6. The van der Waals surface area contributed by atoms with Crippen LogP contribution in [0.15, 0.2) is 41.1 Å². The maximum absolute atomic E-state index is 13.1. The van der Waals surface area contributed by atoms with Crippen molar-refractivity contribution in [1.82, 2.24) is 9.88 Å². The smallest absolute Gasteiger partial charge is 0.238 e. The number of benzene rings is 1. The lowest BCUT2D eigenvalue weighted by Crippen LogP contribution is -2.66. The van der Waals surface area contributed by atoms with Crippen molar-refractivity contribution >= 4 is 22.2 Å². The molecule has 1 saturated carbocycles. The maximum Gasteiger partial charge on any atom is 0.238 e. The molecule has 2 aliphatic heterocycles. The van der Waals surface area contributed by atoms with Crippen molar-refractivity contribution in [3.63, 3.8) is 0 Å². The molecule has 3 aliphatic rings. The van der Waals surface area contributed by atoms with Crippen molar-refractivity contribution in [2.24, 2.45) is 5.73 Å². The predicted molar refractivity (Wildman–Crippen MR) is 156 cm³/mol. The first-order valence-electron chi connectivity index (χ1n) is 14.5. The van der Waals surface area contributed by atoms with E-state index in [2.05, 4.69) is 4.98 Å². The third-order valence-electron chi connectivity index (χ3n) is 8.87. The Morgan fingerprint density at radius 2 is 1.98 bits per heavy atom. The molecule has 3 aromatic rings. The molecule has 1 aromatic carbocycles. The number of fused-ring (bicyclic) bond motifs is 1. The van der Waals surface area contributed by atoms with Crippen molar-refractivity contribution in [2.75, 3.05) is 31.8 Å². The number of carbonyl (C=O) groups is 1. The first-order chi connectivity index (χ1) is 20.4. The fraction of sp³-hybridized carbons (Fsp3) is 0.533. The summed E-state index contributed by atoms with van der Waals surface area (Å²) < 4.78 is 23.7. The molecule has 42 heavy (non-hydrogen) atoms. The summed E-state index contributed by atoms with van der Waals surface area (Å²) in [6.45, 7) is 3.35. The molecule has 1 saturated heterocycles. The van der Waals surface area contributed by atoms with Gasteiger partial charge in [0.2, 0.25) is 11.8 Å². The SMILES string of the molecule is COc1ccccc1C(CN1c2sc(-c3ncco3)c(C)c2C(O)N(C2(C(N)=O)CCCC2)C1O)OC1CCOCC1. The summed E-state index contributed by atoms with van der Waals surface area (Å²) in [5.74, 6) is 0.540. The molecule has 1 amide bonds. The first kappa shape index (κ1) is 29.1. The van der Waals surface area contributed by atoms with E-state index in [1.165, 1.54) is 22.5 Å². The fourth-order valence-electron chi connectivity index (χ4n) is 6.68. The highest BCUT2D eigenvalue weighted by Gasteiger charge is 2.55. The van der Waals surface area contributed by atoms with Gasteiger partial charge in [-0.15, -0.1) is 11.3 Å². The van der Waals surface area contributed by atoms with Gasteiger partial charge in [-0.3, -0.25) is 4.79 Å². The first-order valence-corrected chi connectivity index (χ1v) is 15.3. The highest BCUT2D eigenvalue weighted by molar-refractivity contribution is 7.19. The number of amides is 1. The quantitative estimate of drug-likeness (QED) is 0.332. The van der Waals surface area contributed by atoms with Crippen molar-refractivity contribution in [1.29, 1.82) is 0 Å². The molecule has 12 heteroatoms. The third kappa shape index (κ3) is 4.99. The van der Waals surface area contributed by atoms with E-state index < -0.39 is 30.1 Å². The number of nitrogens with zero attached hydrogens (tertiary/aromatic N) is 3. The number of aliphatic hydroxyl groups is 2. The molecular formula is C30H38N4O7S. The zero-order chi connectivity index (χ0) is 29.4. The van der Waals surface area contributed by atoms with E-state index in [-0.39, 0.29) is 12.6 Å². The molecule has 6 rings (SSSR count). The highest BCUT2D eigenvalue weighted by Crippen LogP contribution is 2.53. The summed E-state index contributed by atoms with van der Waals surface area (Å²) in [5.41, 5.74) is 7.03. The Bertz CT molecular complexity index is 1380. The Balaban J connectivity index is 1.47. The topological polar surface area (TPSA) is 144 Å². The Kier molecular flexibility index (Phi) is 8.27. The number of thiophene rings is 1. The largest absolute Gasteiger partial charge is 0.496 e. The summed E-state index contributed by atoms with van der Waals surface area (Å²) in [7, 11) is 1.62. The molecule has 0 spiro atoms. The van der Waals surface area contributed by atoms with Crippen molar-refractivity contribution < 1.29 is 33.6 Å². The minimum atomic E-state index is -1.36. The van der Waals surface area contributed by atoms with Crippen LogP contribution in [0.2, 0.25) is 0 Å².